The molecule has 0 spiro atoms. The monoisotopic (exact) mass is 334 g/mol. The molecule has 2 aromatic rings. The average Bonchev–Trinajstić information content (AvgIpc) is 2.57. The van der Waals surface area contributed by atoms with E-state index in [0.717, 1.165) is 22.9 Å². The molecule has 5 heteroatoms. The third-order valence-corrected chi connectivity index (χ3v) is 4.22. The van der Waals surface area contributed by atoms with Gasteiger partial charge in [-0.05, 0) is 30.2 Å². The van der Waals surface area contributed by atoms with Crippen molar-refractivity contribution >= 4 is 28.4 Å². The van der Waals surface area contributed by atoms with Crippen LogP contribution in [0.15, 0.2) is 24.3 Å². The number of aryl methyl sites for hydroxylation is 1. The van der Waals surface area contributed by atoms with Crippen LogP contribution in [-0.2, 0) is 22.5 Å². The zero-order valence-electron chi connectivity index (χ0n) is 13.9. The number of pyridine rings is 1. The van der Waals surface area contributed by atoms with E-state index in [1.165, 1.54) is 5.56 Å². The van der Waals surface area contributed by atoms with E-state index < -0.39 is 0 Å². The first-order valence-electron chi connectivity index (χ1n) is 7.93. The zero-order valence-corrected chi connectivity index (χ0v) is 14.7. The number of hydrogen-bond donors (Lipinski definition) is 0. The van der Waals surface area contributed by atoms with Crippen LogP contribution in [0.2, 0.25) is 5.15 Å². The molecule has 0 saturated heterocycles. The second-order valence-electron chi connectivity index (χ2n) is 5.48. The van der Waals surface area contributed by atoms with Crippen LogP contribution in [0.3, 0.4) is 0 Å². The Bertz CT molecular complexity index is 688. The van der Waals surface area contributed by atoms with Crippen molar-refractivity contribution in [3.63, 3.8) is 0 Å². The van der Waals surface area contributed by atoms with Gasteiger partial charge in [0.1, 0.15) is 5.15 Å². The quantitative estimate of drug-likeness (QED) is 0.722. The number of carbonyl (C=O) groups is 1. The van der Waals surface area contributed by atoms with Crippen molar-refractivity contribution in [2.24, 2.45) is 0 Å². The molecule has 124 valence electrons. The first-order valence-corrected chi connectivity index (χ1v) is 8.31. The molecule has 0 aliphatic rings. The summed E-state index contributed by atoms with van der Waals surface area (Å²) in [4.78, 5) is 18.3. The van der Waals surface area contributed by atoms with Crippen LogP contribution in [0.5, 0.6) is 0 Å². The minimum atomic E-state index is 0.0838. The van der Waals surface area contributed by atoms with Crippen molar-refractivity contribution < 1.29 is 9.53 Å². The highest BCUT2D eigenvalue weighted by molar-refractivity contribution is 6.30. The molecule has 0 aliphatic heterocycles. The number of methoxy groups -OCH3 is 1. The number of nitrogens with zero attached hydrogens (tertiary/aromatic N) is 2. The molecule has 0 N–H and O–H groups in total. The lowest BCUT2D eigenvalue weighted by Crippen LogP contribution is -2.33. The SMILES string of the molecule is CCC(=O)N(CCOC)Cc1cc2cc(CC)ccc2nc1Cl. The molecule has 0 bridgehead atoms. The summed E-state index contributed by atoms with van der Waals surface area (Å²) < 4.78 is 5.09. The van der Waals surface area contributed by atoms with E-state index in [-0.39, 0.29) is 5.91 Å². The number of aromatic nitrogens is 1. The highest BCUT2D eigenvalue weighted by Crippen LogP contribution is 2.23. The number of halogens is 1. The smallest absolute Gasteiger partial charge is 0.222 e. The number of rotatable bonds is 7. The van der Waals surface area contributed by atoms with Crippen molar-refractivity contribution in [2.45, 2.75) is 33.2 Å². The summed E-state index contributed by atoms with van der Waals surface area (Å²) in [5.74, 6) is 0.0838. The van der Waals surface area contributed by atoms with Gasteiger partial charge in [-0.15, -0.1) is 0 Å². The molecule has 1 amide bonds. The fourth-order valence-corrected chi connectivity index (χ4v) is 2.71. The van der Waals surface area contributed by atoms with Gasteiger partial charge in [-0.1, -0.05) is 31.5 Å². The number of amides is 1. The summed E-state index contributed by atoms with van der Waals surface area (Å²) in [7, 11) is 1.63. The first-order chi connectivity index (χ1) is 11.1. The van der Waals surface area contributed by atoms with E-state index in [0.29, 0.717) is 31.3 Å². The first kappa shape index (κ1) is 17.7. The molecular weight excluding hydrogens is 312 g/mol. The normalized spacial score (nSPS) is 11.0. The molecule has 0 saturated carbocycles. The van der Waals surface area contributed by atoms with Gasteiger partial charge in [0.15, 0.2) is 0 Å². The summed E-state index contributed by atoms with van der Waals surface area (Å²) in [6.45, 7) is 5.48. The minimum absolute atomic E-state index is 0.0838. The van der Waals surface area contributed by atoms with Gasteiger partial charge in [0.05, 0.1) is 12.1 Å². The summed E-state index contributed by atoms with van der Waals surface area (Å²) in [5, 5.41) is 1.51. The highest BCUT2D eigenvalue weighted by Gasteiger charge is 2.15. The fourth-order valence-electron chi connectivity index (χ4n) is 2.50. The lowest BCUT2D eigenvalue weighted by atomic mass is 10.1. The average molecular weight is 335 g/mol. The summed E-state index contributed by atoms with van der Waals surface area (Å²) in [5.41, 5.74) is 3.00. The van der Waals surface area contributed by atoms with Gasteiger partial charge in [-0.3, -0.25) is 4.79 Å². The van der Waals surface area contributed by atoms with E-state index in [9.17, 15) is 4.79 Å². The van der Waals surface area contributed by atoms with E-state index in [4.69, 9.17) is 16.3 Å². The number of ether oxygens (including phenoxy) is 1. The van der Waals surface area contributed by atoms with Crippen molar-refractivity contribution in [1.29, 1.82) is 0 Å². The lowest BCUT2D eigenvalue weighted by Gasteiger charge is -2.22. The molecule has 0 radical (unpaired) electrons. The van der Waals surface area contributed by atoms with Gasteiger partial charge in [0, 0.05) is 37.6 Å². The summed E-state index contributed by atoms with van der Waals surface area (Å²) in [6, 6.07) is 8.22. The van der Waals surface area contributed by atoms with E-state index in [1.807, 2.05) is 19.1 Å². The third kappa shape index (κ3) is 4.43. The van der Waals surface area contributed by atoms with Crippen LogP contribution >= 0.6 is 11.6 Å². The van der Waals surface area contributed by atoms with Crippen LogP contribution in [0, 0.1) is 0 Å². The van der Waals surface area contributed by atoms with Crippen molar-refractivity contribution in [1.82, 2.24) is 9.88 Å². The van der Waals surface area contributed by atoms with Crippen LogP contribution < -0.4 is 0 Å². The van der Waals surface area contributed by atoms with Crippen LogP contribution in [0.1, 0.15) is 31.4 Å². The Morgan fingerprint density at radius 3 is 2.74 bits per heavy atom. The number of hydrogen-bond acceptors (Lipinski definition) is 3. The van der Waals surface area contributed by atoms with E-state index in [1.54, 1.807) is 12.0 Å². The standard InChI is InChI=1S/C18H23ClN2O2/c1-4-13-6-7-16-14(10-13)11-15(18(19)20-16)12-21(8-9-23-3)17(22)5-2/h6-7,10-11H,4-5,8-9,12H2,1-3H3. The van der Waals surface area contributed by atoms with Crippen LogP contribution in [-0.4, -0.2) is 36.1 Å². The topological polar surface area (TPSA) is 42.4 Å². The van der Waals surface area contributed by atoms with Crippen molar-refractivity contribution in [3.05, 3.63) is 40.5 Å². The van der Waals surface area contributed by atoms with E-state index in [2.05, 4.69) is 24.0 Å². The van der Waals surface area contributed by atoms with Crippen LogP contribution in [0.4, 0.5) is 0 Å². The Morgan fingerprint density at radius 1 is 1.30 bits per heavy atom. The maximum absolute atomic E-state index is 12.1. The zero-order chi connectivity index (χ0) is 16.8. The van der Waals surface area contributed by atoms with Crippen LogP contribution in [0.25, 0.3) is 10.9 Å². The maximum atomic E-state index is 12.1. The second kappa shape index (κ2) is 8.27. The molecule has 1 aromatic heterocycles. The maximum Gasteiger partial charge on any atom is 0.222 e. The van der Waals surface area contributed by atoms with Gasteiger partial charge in [-0.25, -0.2) is 4.98 Å². The third-order valence-electron chi connectivity index (χ3n) is 3.90. The Labute approximate surface area is 142 Å². The number of benzene rings is 1. The number of carbonyl (C=O) groups excluding carboxylic acids is 1. The van der Waals surface area contributed by atoms with E-state index >= 15 is 0 Å². The highest BCUT2D eigenvalue weighted by atomic mass is 35.5. The molecule has 0 aliphatic carbocycles. The predicted octanol–water partition coefficient (Wildman–Crippen LogP) is 3.84. The minimum Gasteiger partial charge on any atom is -0.383 e. The predicted molar refractivity (Wildman–Crippen MR) is 93.7 cm³/mol. The molecule has 1 aromatic carbocycles. The molecule has 1 heterocycles. The molecule has 23 heavy (non-hydrogen) atoms. The molecule has 4 nitrogen and oxygen atoms in total. The molecule has 0 unspecified atom stereocenters. The molecular formula is C18H23ClN2O2. The molecule has 2 rings (SSSR count). The van der Waals surface area contributed by atoms with Gasteiger partial charge < -0.3 is 9.64 Å². The molecule has 0 fully saturated rings. The fraction of sp³-hybridized carbons (Fsp3) is 0.444. The number of fused-ring (bicyclic) bond motifs is 1. The van der Waals surface area contributed by atoms with Gasteiger partial charge >= 0.3 is 0 Å². The summed E-state index contributed by atoms with van der Waals surface area (Å²) in [6.07, 6.45) is 1.44. The van der Waals surface area contributed by atoms with Gasteiger partial charge in [-0.2, -0.15) is 0 Å². The van der Waals surface area contributed by atoms with Gasteiger partial charge in [0.2, 0.25) is 5.91 Å². The van der Waals surface area contributed by atoms with Crippen molar-refractivity contribution in [2.75, 3.05) is 20.3 Å². The summed E-state index contributed by atoms with van der Waals surface area (Å²) >= 11 is 6.32. The Kier molecular flexibility index (Phi) is 6.37. The second-order valence-corrected chi connectivity index (χ2v) is 5.84. The lowest BCUT2D eigenvalue weighted by molar-refractivity contribution is -0.132. The Morgan fingerprint density at radius 2 is 2.09 bits per heavy atom. The Hall–Kier alpha value is -1.65. The largest absolute Gasteiger partial charge is 0.383 e. The molecule has 0 atom stereocenters. The van der Waals surface area contributed by atoms with Crippen molar-refractivity contribution in [3.8, 4) is 0 Å². The Balaban J connectivity index is 2.32. The van der Waals surface area contributed by atoms with Gasteiger partial charge in [0.25, 0.3) is 0 Å².